The molecule has 0 N–H and O–H groups in total. The summed E-state index contributed by atoms with van der Waals surface area (Å²) in [4.78, 5) is 6.65. The predicted octanol–water partition coefficient (Wildman–Crippen LogP) is 4.54. The molecule has 0 bridgehead atoms. The van der Waals surface area contributed by atoms with E-state index in [1.165, 1.54) is 5.56 Å². The lowest BCUT2D eigenvalue weighted by molar-refractivity contribution is 0.256. The van der Waals surface area contributed by atoms with E-state index in [0.29, 0.717) is 12.4 Å². The molecule has 4 nitrogen and oxygen atoms in total. The zero-order valence-electron chi connectivity index (χ0n) is 14.4. The van der Waals surface area contributed by atoms with Crippen molar-refractivity contribution in [3.63, 3.8) is 0 Å². The first-order valence-electron chi connectivity index (χ1n) is 8.25. The van der Waals surface area contributed by atoms with Crippen molar-refractivity contribution < 1.29 is 9.15 Å². The smallest absolute Gasteiger partial charge is 0.209 e. The third-order valence-corrected chi connectivity index (χ3v) is 3.92. The van der Waals surface area contributed by atoms with Crippen LogP contribution < -0.4 is 4.74 Å². The molecule has 0 saturated heterocycles. The molecule has 1 aromatic heterocycles. The predicted molar refractivity (Wildman–Crippen MR) is 99.2 cm³/mol. The van der Waals surface area contributed by atoms with Crippen LogP contribution in [0.3, 0.4) is 0 Å². The topological polar surface area (TPSA) is 38.5 Å². The summed E-state index contributed by atoms with van der Waals surface area (Å²) >= 11 is 0. The van der Waals surface area contributed by atoms with Crippen LogP contribution >= 0.6 is 0 Å². The Morgan fingerprint density at radius 3 is 2.52 bits per heavy atom. The fourth-order valence-corrected chi connectivity index (χ4v) is 2.67. The van der Waals surface area contributed by atoms with E-state index >= 15 is 0 Å². The van der Waals surface area contributed by atoms with Gasteiger partial charge in [0.2, 0.25) is 5.89 Å². The van der Waals surface area contributed by atoms with Crippen molar-refractivity contribution in [2.75, 3.05) is 13.7 Å². The Balaban J connectivity index is 1.69. The molecule has 128 valence electrons. The summed E-state index contributed by atoms with van der Waals surface area (Å²) in [5.74, 6) is 2.35. The third-order valence-electron chi connectivity index (χ3n) is 3.92. The zero-order valence-corrected chi connectivity index (χ0v) is 14.4. The van der Waals surface area contributed by atoms with Gasteiger partial charge in [-0.05, 0) is 17.7 Å². The van der Waals surface area contributed by atoms with Gasteiger partial charge >= 0.3 is 0 Å². The highest BCUT2D eigenvalue weighted by Crippen LogP contribution is 2.21. The molecule has 0 atom stereocenters. The molecule has 0 amide bonds. The maximum Gasteiger partial charge on any atom is 0.209 e. The highest BCUT2D eigenvalue weighted by molar-refractivity contribution is 5.55. The number of nitrogens with zero attached hydrogens (tertiary/aromatic N) is 2. The number of aromatic nitrogens is 1. The number of hydrogen-bond acceptors (Lipinski definition) is 4. The summed E-state index contributed by atoms with van der Waals surface area (Å²) in [5, 5.41) is 0. The van der Waals surface area contributed by atoms with Crippen LogP contribution in [0.25, 0.3) is 11.3 Å². The number of rotatable bonds is 8. The number of benzene rings is 2. The fraction of sp³-hybridized carbons (Fsp3) is 0.190. The van der Waals surface area contributed by atoms with Gasteiger partial charge in [0, 0.05) is 18.7 Å². The first kappa shape index (κ1) is 17.0. The van der Waals surface area contributed by atoms with E-state index in [-0.39, 0.29) is 0 Å². The maximum absolute atomic E-state index is 5.91. The average Bonchev–Trinajstić information content (AvgIpc) is 3.12. The molecule has 0 fully saturated rings. The monoisotopic (exact) mass is 334 g/mol. The molecule has 0 radical (unpaired) electrons. The molecule has 0 aliphatic rings. The van der Waals surface area contributed by atoms with Gasteiger partial charge < -0.3 is 9.15 Å². The number of methoxy groups -OCH3 is 1. The molecule has 0 aliphatic carbocycles. The summed E-state index contributed by atoms with van der Waals surface area (Å²) in [6, 6.07) is 18.1. The van der Waals surface area contributed by atoms with E-state index in [1.807, 2.05) is 48.5 Å². The molecule has 1 heterocycles. The van der Waals surface area contributed by atoms with Gasteiger partial charge in [-0.3, -0.25) is 4.90 Å². The summed E-state index contributed by atoms with van der Waals surface area (Å²) < 4.78 is 11.1. The highest BCUT2D eigenvalue weighted by atomic mass is 16.5. The van der Waals surface area contributed by atoms with Gasteiger partial charge in [-0.25, -0.2) is 4.98 Å². The van der Waals surface area contributed by atoms with Gasteiger partial charge in [-0.2, -0.15) is 0 Å². The zero-order chi connectivity index (χ0) is 17.5. The largest absolute Gasteiger partial charge is 0.497 e. The first-order chi connectivity index (χ1) is 12.3. The van der Waals surface area contributed by atoms with Crippen molar-refractivity contribution in [3.05, 3.63) is 84.9 Å². The summed E-state index contributed by atoms with van der Waals surface area (Å²) in [7, 11) is 1.67. The summed E-state index contributed by atoms with van der Waals surface area (Å²) in [6.07, 6.45) is 3.68. The van der Waals surface area contributed by atoms with E-state index in [9.17, 15) is 0 Å². The van der Waals surface area contributed by atoms with Gasteiger partial charge in [-0.1, -0.05) is 48.5 Å². The minimum atomic E-state index is 0.630. The van der Waals surface area contributed by atoms with Gasteiger partial charge in [0.1, 0.15) is 5.75 Å². The Morgan fingerprint density at radius 2 is 1.84 bits per heavy atom. The summed E-state index contributed by atoms with van der Waals surface area (Å²) in [6.45, 7) is 6.03. The molecule has 0 aliphatic heterocycles. The maximum atomic E-state index is 5.91. The molecule has 0 saturated carbocycles. The first-order valence-corrected chi connectivity index (χ1v) is 8.25. The molecule has 0 unspecified atom stereocenters. The van der Waals surface area contributed by atoms with Crippen LogP contribution in [0, 0.1) is 0 Å². The van der Waals surface area contributed by atoms with E-state index in [4.69, 9.17) is 9.15 Å². The molecule has 3 rings (SSSR count). The Labute approximate surface area is 148 Å². The van der Waals surface area contributed by atoms with Crippen molar-refractivity contribution in [2.45, 2.75) is 13.1 Å². The molecule has 4 heteroatoms. The van der Waals surface area contributed by atoms with Gasteiger partial charge in [-0.15, -0.1) is 6.58 Å². The Morgan fingerprint density at radius 1 is 1.08 bits per heavy atom. The second kappa shape index (κ2) is 8.31. The van der Waals surface area contributed by atoms with E-state index in [2.05, 4.69) is 28.6 Å². The van der Waals surface area contributed by atoms with Crippen LogP contribution in [-0.2, 0) is 13.1 Å². The lowest BCUT2D eigenvalue weighted by Crippen LogP contribution is -2.23. The van der Waals surface area contributed by atoms with E-state index in [1.54, 1.807) is 13.3 Å². The average molecular weight is 334 g/mol. The van der Waals surface area contributed by atoms with Crippen molar-refractivity contribution in [1.82, 2.24) is 9.88 Å². The van der Waals surface area contributed by atoms with Crippen molar-refractivity contribution in [1.29, 1.82) is 0 Å². The lowest BCUT2D eigenvalue weighted by atomic mass is 10.2. The van der Waals surface area contributed by atoms with E-state index < -0.39 is 0 Å². The second-order valence-electron chi connectivity index (χ2n) is 5.79. The van der Waals surface area contributed by atoms with Crippen LogP contribution in [0.1, 0.15) is 11.5 Å². The van der Waals surface area contributed by atoms with Crippen LogP contribution in [0.15, 0.2) is 77.9 Å². The Bertz CT molecular complexity index is 794. The van der Waals surface area contributed by atoms with Crippen molar-refractivity contribution >= 4 is 0 Å². The van der Waals surface area contributed by atoms with E-state index in [0.717, 1.165) is 30.2 Å². The minimum absolute atomic E-state index is 0.630. The molecule has 3 aromatic rings. The van der Waals surface area contributed by atoms with Crippen molar-refractivity contribution in [2.24, 2.45) is 0 Å². The summed E-state index contributed by atoms with van der Waals surface area (Å²) in [5.41, 5.74) is 2.24. The minimum Gasteiger partial charge on any atom is -0.497 e. The third kappa shape index (κ3) is 4.58. The Hall–Kier alpha value is -2.85. The second-order valence-corrected chi connectivity index (χ2v) is 5.79. The fourth-order valence-electron chi connectivity index (χ4n) is 2.67. The van der Waals surface area contributed by atoms with Crippen LogP contribution in [0.4, 0.5) is 0 Å². The quantitative estimate of drug-likeness (QED) is 0.567. The standard InChI is InChI=1S/C21H22N2O2/c1-3-13-23(15-17-9-11-19(24-2)12-10-17)16-21-22-14-20(25-21)18-7-5-4-6-8-18/h3-12,14H,1,13,15-16H2,2H3. The van der Waals surface area contributed by atoms with Gasteiger partial charge in [0.05, 0.1) is 19.9 Å². The van der Waals surface area contributed by atoms with Crippen molar-refractivity contribution in [3.8, 4) is 17.1 Å². The number of hydrogen-bond donors (Lipinski definition) is 0. The van der Waals surface area contributed by atoms with Gasteiger partial charge in [0.25, 0.3) is 0 Å². The molecule has 0 spiro atoms. The van der Waals surface area contributed by atoms with Crippen LogP contribution in [-0.4, -0.2) is 23.5 Å². The number of oxazole rings is 1. The molecule has 25 heavy (non-hydrogen) atoms. The van der Waals surface area contributed by atoms with Crippen LogP contribution in [0.2, 0.25) is 0 Å². The van der Waals surface area contributed by atoms with Crippen LogP contribution in [0.5, 0.6) is 5.75 Å². The molecular formula is C21H22N2O2. The number of ether oxygens (including phenoxy) is 1. The molecule has 2 aromatic carbocycles. The Kier molecular flexibility index (Phi) is 5.65. The lowest BCUT2D eigenvalue weighted by Gasteiger charge is -2.19. The van der Waals surface area contributed by atoms with Gasteiger partial charge in [0.15, 0.2) is 5.76 Å². The SMILES string of the molecule is C=CCN(Cc1ccc(OC)cc1)Cc1ncc(-c2ccccc2)o1. The highest BCUT2D eigenvalue weighted by Gasteiger charge is 2.11. The normalized spacial score (nSPS) is 10.8. The molecular weight excluding hydrogens is 312 g/mol.